The number of hydrogen-bond donors (Lipinski definition) is 2. The Morgan fingerprint density at radius 3 is 2.76 bits per heavy atom. The topological polar surface area (TPSA) is 32.3 Å². The standard InChI is InChI=1S/C14H14BrNO/c1-10-3-2-4-13(7-10)16-9-11-8-12(15)5-6-14(11)17/h2-8,16-17H,9H2,1H3. The highest BCUT2D eigenvalue weighted by molar-refractivity contribution is 9.10. The van der Waals surface area contributed by atoms with Gasteiger partial charge in [-0.3, -0.25) is 0 Å². The molecule has 2 nitrogen and oxygen atoms in total. The zero-order valence-electron chi connectivity index (χ0n) is 9.57. The molecule has 0 saturated heterocycles. The van der Waals surface area contributed by atoms with Crippen molar-refractivity contribution in [2.75, 3.05) is 5.32 Å². The Bertz CT molecular complexity index is 525. The molecule has 2 aromatic carbocycles. The maximum atomic E-state index is 9.71. The summed E-state index contributed by atoms with van der Waals surface area (Å²) >= 11 is 3.40. The number of nitrogens with one attached hydrogen (secondary N) is 1. The molecule has 0 bridgehead atoms. The average Bonchev–Trinajstić information content (AvgIpc) is 2.30. The molecule has 0 aliphatic rings. The third-order valence-electron chi connectivity index (χ3n) is 2.54. The SMILES string of the molecule is Cc1cccc(NCc2cc(Br)ccc2O)c1. The predicted molar refractivity (Wildman–Crippen MR) is 74.3 cm³/mol. The van der Waals surface area contributed by atoms with Gasteiger partial charge in [-0.25, -0.2) is 0 Å². The van der Waals surface area contributed by atoms with E-state index in [4.69, 9.17) is 0 Å². The maximum absolute atomic E-state index is 9.71. The largest absolute Gasteiger partial charge is 0.508 e. The van der Waals surface area contributed by atoms with Crippen molar-refractivity contribution < 1.29 is 5.11 Å². The summed E-state index contributed by atoms with van der Waals surface area (Å²) in [6.07, 6.45) is 0. The second-order valence-corrected chi connectivity index (χ2v) is 4.91. The lowest BCUT2D eigenvalue weighted by molar-refractivity contribution is 0.469. The van der Waals surface area contributed by atoms with Crippen molar-refractivity contribution in [2.24, 2.45) is 0 Å². The molecule has 0 heterocycles. The van der Waals surface area contributed by atoms with Crippen molar-refractivity contribution in [3.8, 4) is 5.75 Å². The van der Waals surface area contributed by atoms with Gasteiger partial charge in [0.25, 0.3) is 0 Å². The molecule has 0 spiro atoms. The molecule has 0 atom stereocenters. The smallest absolute Gasteiger partial charge is 0.120 e. The molecule has 88 valence electrons. The van der Waals surface area contributed by atoms with E-state index in [0.717, 1.165) is 15.7 Å². The van der Waals surface area contributed by atoms with Gasteiger partial charge in [0.15, 0.2) is 0 Å². The van der Waals surface area contributed by atoms with E-state index in [9.17, 15) is 5.11 Å². The fraction of sp³-hybridized carbons (Fsp3) is 0.143. The lowest BCUT2D eigenvalue weighted by Crippen LogP contribution is -1.99. The van der Waals surface area contributed by atoms with Crippen molar-refractivity contribution in [3.05, 3.63) is 58.1 Å². The summed E-state index contributed by atoms with van der Waals surface area (Å²) in [4.78, 5) is 0. The minimum Gasteiger partial charge on any atom is -0.508 e. The second kappa shape index (κ2) is 5.23. The van der Waals surface area contributed by atoms with Gasteiger partial charge in [0, 0.05) is 22.3 Å². The van der Waals surface area contributed by atoms with Crippen LogP contribution in [0, 0.1) is 6.92 Å². The van der Waals surface area contributed by atoms with Gasteiger partial charge in [0.05, 0.1) is 0 Å². The molecule has 2 rings (SSSR count). The zero-order valence-corrected chi connectivity index (χ0v) is 11.2. The number of aryl methyl sites for hydroxylation is 1. The summed E-state index contributed by atoms with van der Waals surface area (Å²) in [5, 5.41) is 13.0. The van der Waals surface area contributed by atoms with Crippen molar-refractivity contribution in [1.82, 2.24) is 0 Å². The normalized spacial score (nSPS) is 10.2. The fourth-order valence-corrected chi connectivity index (χ4v) is 2.06. The summed E-state index contributed by atoms with van der Waals surface area (Å²) in [6, 6.07) is 13.6. The van der Waals surface area contributed by atoms with Crippen LogP contribution in [0.15, 0.2) is 46.9 Å². The highest BCUT2D eigenvalue weighted by atomic mass is 79.9. The molecule has 2 N–H and O–H groups in total. The molecular weight excluding hydrogens is 278 g/mol. The van der Waals surface area contributed by atoms with E-state index < -0.39 is 0 Å². The van der Waals surface area contributed by atoms with Crippen LogP contribution in [0.25, 0.3) is 0 Å². The first-order chi connectivity index (χ1) is 8.15. The Morgan fingerprint density at radius 1 is 1.18 bits per heavy atom. The third-order valence-corrected chi connectivity index (χ3v) is 3.04. The third kappa shape index (κ3) is 3.24. The fourth-order valence-electron chi connectivity index (χ4n) is 1.65. The molecule has 0 unspecified atom stereocenters. The van der Waals surface area contributed by atoms with Crippen LogP contribution >= 0.6 is 15.9 Å². The summed E-state index contributed by atoms with van der Waals surface area (Å²) in [7, 11) is 0. The van der Waals surface area contributed by atoms with Crippen LogP contribution < -0.4 is 5.32 Å². The average molecular weight is 292 g/mol. The van der Waals surface area contributed by atoms with Gasteiger partial charge in [-0.15, -0.1) is 0 Å². The van der Waals surface area contributed by atoms with Crippen LogP contribution in [-0.2, 0) is 6.54 Å². The van der Waals surface area contributed by atoms with E-state index in [1.807, 2.05) is 24.3 Å². The van der Waals surface area contributed by atoms with Crippen LogP contribution in [0.4, 0.5) is 5.69 Å². The maximum Gasteiger partial charge on any atom is 0.120 e. The zero-order chi connectivity index (χ0) is 12.3. The molecular formula is C14H14BrNO. The van der Waals surface area contributed by atoms with Crippen molar-refractivity contribution in [1.29, 1.82) is 0 Å². The predicted octanol–water partition coefficient (Wildman–Crippen LogP) is 4.08. The van der Waals surface area contributed by atoms with E-state index in [1.54, 1.807) is 6.07 Å². The number of phenolic OH excluding ortho intramolecular Hbond substituents is 1. The number of benzene rings is 2. The second-order valence-electron chi connectivity index (χ2n) is 4.00. The van der Waals surface area contributed by atoms with Gasteiger partial charge in [-0.05, 0) is 42.8 Å². The van der Waals surface area contributed by atoms with Gasteiger partial charge in [0.1, 0.15) is 5.75 Å². The van der Waals surface area contributed by atoms with Crippen LogP contribution in [0.3, 0.4) is 0 Å². The van der Waals surface area contributed by atoms with Gasteiger partial charge >= 0.3 is 0 Å². The molecule has 0 aromatic heterocycles. The van der Waals surface area contributed by atoms with Crippen molar-refractivity contribution in [3.63, 3.8) is 0 Å². The minimum atomic E-state index is 0.313. The molecule has 0 amide bonds. The number of phenols is 1. The van der Waals surface area contributed by atoms with Crippen LogP contribution in [0.5, 0.6) is 5.75 Å². The number of anilines is 1. The molecule has 0 aliphatic heterocycles. The highest BCUT2D eigenvalue weighted by Crippen LogP contribution is 2.23. The lowest BCUT2D eigenvalue weighted by Gasteiger charge is -2.09. The van der Waals surface area contributed by atoms with Crippen molar-refractivity contribution in [2.45, 2.75) is 13.5 Å². The van der Waals surface area contributed by atoms with Gasteiger partial charge in [-0.1, -0.05) is 28.1 Å². The number of rotatable bonds is 3. The summed E-state index contributed by atoms with van der Waals surface area (Å²) in [6.45, 7) is 2.66. The Hall–Kier alpha value is -1.48. The summed E-state index contributed by atoms with van der Waals surface area (Å²) < 4.78 is 0.969. The molecule has 3 heteroatoms. The van der Waals surface area contributed by atoms with E-state index >= 15 is 0 Å². The lowest BCUT2D eigenvalue weighted by atomic mass is 10.2. The molecule has 17 heavy (non-hydrogen) atoms. The van der Waals surface area contributed by atoms with Gasteiger partial charge in [0.2, 0.25) is 0 Å². The molecule has 2 aromatic rings. The monoisotopic (exact) mass is 291 g/mol. The quantitative estimate of drug-likeness (QED) is 0.893. The molecule has 0 aliphatic carbocycles. The summed E-state index contributed by atoms with van der Waals surface area (Å²) in [5.74, 6) is 0.313. The first-order valence-electron chi connectivity index (χ1n) is 5.43. The van der Waals surface area contributed by atoms with Crippen LogP contribution in [0.1, 0.15) is 11.1 Å². The van der Waals surface area contributed by atoms with Gasteiger partial charge in [-0.2, -0.15) is 0 Å². The van der Waals surface area contributed by atoms with Crippen LogP contribution in [0.2, 0.25) is 0 Å². The Balaban J connectivity index is 2.09. The van der Waals surface area contributed by atoms with Crippen LogP contribution in [-0.4, -0.2) is 5.11 Å². The van der Waals surface area contributed by atoms with Crippen molar-refractivity contribution >= 4 is 21.6 Å². The Kier molecular flexibility index (Phi) is 3.69. The van der Waals surface area contributed by atoms with E-state index in [2.05, 4.69) is 40.3 Å². The first kappa shape index (κ1) is 12.0. The first-order valence-corrected chi connectivity index (χ1v) is 6.22. The number of halogens is 1. The Labute approximate surface area is 109 Å². The van der Waals surface area contributed by atoms with Gasteiger partial charge < -0.3 is 10.4 Å². The summed E-state index contributed by atoms with van der Waals surface area (Å²) in [5.41, 5.74) is 3.15. The minimum absolute atomic E-state index is 0.313. The number of aromatic hydroxyl groups is 1. The van der Waals surface area contributed by atoms with E-state index in [-0.39, 0.29) is 0 Å². The molecule has 0 saturated carbocycles. The van der Waals surface area contributed by atoms with E-state index in [1.165, 1.54) is 5.56 Å². The Morgan fingerprint density at radius 2 is 2.00 bits per heavy atom. The van der Waals surface area contributed by atoms with E-state index in [0.29, 0.717) is 12.3 Å². The number of hydrogen-bond acceptors (Lipinski definition) is 2. The molecule has 0 radical (unpaired) electrons. The highest BCUT2D eigenvalue weighted by Gasteiger charge is 2.01. The molecule has 0 fully saturated rings.